The zero-order valence-electron chi connectivity index (χ0n) is 15.2. The molecule has 0 bridgehead atoms. The summed E-state index contributed by atoms with van der Waals surface area (Å²) in [5.74, 6) is 1.53. The van der Waals surface area contributed by atoms with Gasteiger partial charge in [-0.25, -0.2) is 0 Å². The van der Waals surface area contributed by atoms with Crippen LogP contribution in [0.4, 0.5) is 0 Å². The number of hydrogen-bond acceptors (Lipinski definition) is 7. The average Bonchev–Trinajstić information content (AvgIpc) is 3.13. The number of hydrogen-bond donors (Lipinski definition) is 1. The highest BCUT2D eigenvalue weighted by atomic mass is 16.5. The summed E-state index contributed by atoms with van der Waals surface area (Å²) >= 11 is 0. The number of nitrogens with zero attached hydrogens (tertiary/aromatic N) is 4. The molecule has 0 aliphatic carbocycles. The standard InChI is InChI=1S/C18H21N5O4/c1-3-26-12-16(24)19-9-10-27-17-8-7-15-20-21-18(23(15)22-17)13-5-4-6-14(11-13)25-2/h4-8,11H,3,9-10,12H2,1-2H3,(H,19,24). The van der Waals surface area contributed by atoms with E-state index < -0.39 is 0 Å². The van der Waals surface area contributed by atoms with Crippen LogP contribution in [-0.4, -0.2) is 59.2 Å². The summed E-state index contributed by atoms with van der Waals surface area (Å²) in [6, 6.07) is 11.0. The minimum atomic E-state index is -0.178. The van der Waals surface area contributed by atoms with Gasteiger partial charge in [-0.15, -0.1) is 15.3 Å². The topological polar surface area (TPSA) is 99.9 Å². The number of methoxy groups -OCH3 is 1. The fourth-order valence-corrected chi connectivity index (χ4v) is 2.38. The van der Waals surface area contributed by atoms with Crippen LogP contribution in [0.15, 0.2) is 36.4 Å². The van der Waals surface area contributed by atoms with E-state index in [0.717, 1.165) is 11.3 Å². The molecule has 1 N–H and O–H groups in total. The van der Waals surface area contributed by atoms with Crippen molar-refractivity contribution in [3.63, 3.8) is 0 Å². The molecule has 3 rings (SSSR count). The van der Waals surface area contributed by atoms with Crippen LogP contribution in [0.25, 0.3) is 17.0 Å². The maximum atomic E-state index is 11.5. The third kappa shape index (κ3) is 4.70. The van der Waals surface area contributed by atoms with Gasteiger partial charge in [0.25, 0.3) is 0 Å². The van der Waals surface area contributed by atoms with Crippen LogP contribution in [0.3, 0.4) is 0 Å². The number of carbonyl (C=O) groups excluding carboxylic acids is 1. The first-order chi connectivity index (χ1) is 13.2. The molecule has 9 nitrogen and oxygen atoms in total. The number of ether oxygens (including phenoxy) is 3. The molecule has 2 heterocycles. The first-order valence-corrected chi connectivity index (χ1v) is 8.55. The first-order valence-electron chi connectivity index (χ1n) is 8.55. The molecule has 9 heteroatoms. The van der Waals surface area contributed by atoms with Gasteiger partial charge in [-0.05, 0) is 25.1 Å². The number of carbonyl (C=O) groups is 1. The molecule has 3 aromatic rings. The Balaban J connectivity index is 1.67. The van der Waals surface area contributed by atoms with Crippen molar-refractivity contribution in [3.8, 4) is 23.0 Å². The van der Waals surface area contributed by atoms with E-state index >= 15 is 0 Å². The van der Waals surface area contributed by atoms with Crippen molar-refractivity contribution in [3.05, 3.63) is 36.4 Å². The maximum absolute atomic E-state index is 11.5. The average molecular weight is 371 g/mol. The number of amides is 1. The Kier molecular flexibility index (Phi) is 6.16. The van der Waals surface area contributed by atoms with Crippen LogP contribution >= 0.6 is 0 Å². The van der Waals surface area contributed by atoms with Crippen molar-refractivity contribution in [1.82, 2.24) is 25.1 Å². The summed E-state index contributed by atoms with van der Waals surface area (Å²) in [5, 5.41) is 15.5. The van der Waals surface area contributed by atoms with Crippen LogP contribution in [0.5, 0.6) is 11.6 Å². The minimum Gasteiger partial charge on any atom is -0.497 e. The molecular weight excluding hydrogens is 350 g/mol. The molecule has 1 aromatic carbocycles. The smallest absolute Gasteiger partial charge is 0.246 e. The predicted molar refractivity (Wildman–Crippen MR) is 97.8 cm³/mol. The number of aromatic nitrogens is 4. The van der Waals surface area contributed by atoms with E-state index in [1.54, 1.807) is 23.8 Å². The number of fused-ring (bicyclic) bond motifs is 1. The molecule has 0 aliphatic heterocycles. The molecule has 27 heavy (non-hydrogen) atoms. The largest absolute Gasteiger partial charge is 0.497 e. The lowest BCUT2D eigenvalue weighted by molar-refractivity contribution is -0.125. The highest BCUT2D eigenvalue weighted by Crippen LogP contribution is 2.23. The molecule has 0 saturated carbocycles. The Hall–Kier alpha value is -3.20. The Morgan fingerprint density at radius 3 is 2.93 bits per heavy atom. The minimum absolute atomic E-state index is 0.0469. The Morgan fingerprint density at radius 1 is 1.22 bits per heavy atom. The van der Waals surface area contributed by atoms with E-state index in [-0.39, 0.29) is 19.1 Å². The molecule has 142 valence electrons. The normalized spacial score (nSPS) is 10.7. The fraction of sp³-hybridized carbons (Fsp3) is 0.333. The summed E-state index contributed by atoms with van der Waals surface area (Å²) in [4.78, 5) is 11.5. The first kappa shape index (κ1) is 18.6. The molecule has 0 saturated heterocycles. The number of benzene rings is 1. The van der Waals surface area contributed by atoms with Gasteiger partial charge in [0.1, 0.15) is 19.0 Å². The third-order valence-corrected chi connectivity index (χ3v) is 3.68. The maximum Gasteiger partial charge on any atom is 0.246 e. The van der Waals surface area contributed by atoms with Gasteiger partial charge in [0.2, 0.25) is 11.8 Å². The summed E-state index contributed by atoms with van der Waals surface area (Å²) in [6.45, 7) is 3.03. The molecule has 0 fully saturated rings. The van der Waals surface area contributed by atoms with Crippen molar-refractivity contribution < 1.29 is 19.0 Å². The second kappa shape index (κ2) is 8.95. The zero-order chi connectivity index (χ0) is 19.1. The SMILES string of the molecule is CCOCC(=O)NCCOc1ccc2nnc(-c3cccc(OC)c3)n2n1. The van der Waals surface area contributed by atoms with Gasteiger partial charge in [0, 0.05) is 18.2 Å². The molecule has 0 aliphatic rings. The van der Waals surface area contributed by atoms with Gasteiger partial charge in [-0.3, -0.25) is 4.79 Å². The fourth-order valence-electron chi connectivity index (χ4n) is 2.38. The molecule has 2 aromatic heterocycles. The molecule has 0 spiro atoms. The monoisotopic (exact) mass is 371 g/mol. The van der Waals surface area contributed by atoms with Gasteiger partial charge in [-0.1, -0.05) is 12.1 Å². The van der Waals surface area contributed by atoms with Crippen molar-refractivity contribution in [1.29, 1.82) is 0 Å². The lowest BCUT2D eigenvalue weighted by atomic mass is 10.2. The third-order valence-electron chi connectivity index (χ3n) is 3.68. The van der Waals surface area contributed by atoms with E-state index in [2.05, 4.69) is 20.6 Å². The summed E-state index contributed by atoms with van der Waals surface area (Å²) in [5.41, 5.74) is 1.43. The van der Waals surface area contributed by atoms with Crippen LogP contribution in [0.2, 0.25) is 0 Å². The Morgan fingerprint density at radius 2 is 2.11 bits per heavy atom. The predicted octanol–water partition coefficient (Wildman–Crippen LogP) is 1.33. The van der Waals surface area contributed by atoms with Gasteiger partial charge < -0.3 is 19.5 Å². The van der Waals surface area contributed by atoms with Gasteiger partial charge in [0.05, 0.1) is 13.7 Å². The van der Waals surface area contributed by atoms with Crippen molar-refractivity contribution in [2.75, 3.05) is 33.5 Å². The highest BCUT2D eigenvalue weighted by Gasteiger charge is 2.11. The van der Waals surface area contributed by atoms with E-state index in [9.17, 15) is 4.79 Å². The van der Waals surface area contributed by atoms with Crippen LogP contribution in [0, 0.1) is 0 Å². The lowest BCUT2D eigenvalue weighted by Gasteiger charge is -2.08. The molecule has 0 atom stereocenters. The van der Waals surface area contributed by atoms with E-state index in [4.69, 9.17) is 14.2 Å². The second-order valence-corrected chi connectivity index (χ2v) is 5.53. The summed E-state index contributed by atoms with van der Waals surface area (Å²) in [6.07, 6.45) is 0. The van der Waals surface area contributed by atoms with Crippen LogP contribution in [-0.2, 0) is 9.53 Å². The Bertz CT molecular complexity index is 912. The van der Waals surface area contributed by atoms with Gasteiger partial charge in [-0.2, -0.15) is 4.52 Å². The lowest BCUT2D eigenvalue weighted by Crippen LogP contribution is -2.31. The summed E-state index contributed by atoms with van der Waals surface area (Å²) in [7, 11) is 1.61. The van der Waals surface area contributed by atoms with Gasteiger partial charge >= 0.3 is 0 Å². The van der Waals surface area contributed by atoms with Crippen molar-refractivity contribution >= 4 is 11.6 Å². The molecule has 0 unspecified atom stereocenters. The van der Waals surface area contributed by atoms with Crippen LogP contribution < -0.4 is 14.8 Å². The number of nitrogens with one attached hydrogen (secondary N) is 1. The van der Waals surface area contributed by atoms with E-state index in [1.807, 2.05) is 31.2 Å². The molecule has 1 amide bonds. The van der Waals surface area contributed by atoms with Gasteiger partial charge in [0.15, 0.2) is 11.5 Å². The Labute approximate surface area is 156 Å². The van der Waals surface area contributed by atoms with E-state index in [0.29, 0.717) is 30.5 Å². The van der Waals surface area contributed by atoms with Crippen molar-refractivity contribution in [2.24, 2.45) is 0 Å². The molecular formula is C18H21N5O4. The second-order valence-electron chi connectivity index (χ2n) is 5.53. The quantitative estimate of drug-likeness (QED) is 0.567. The van der Waals surface area contributed by atoms with E-state index in [1.165, 1.54) is 0 Å². The van der Waals surface area contributed by atoms with Crippen molar-refractivity contribution in [2.45, 2.75) is 6.92 Å². The molecule has 0 radical (unpaired) electrons. The zero-order valence-corrected chi connectivity index (χ0v) is 15.2. The number of rotatable bonds is 9. The highest BCUT2D eigenvalue weighted by molar-refractivity contribution is 5.77. The van der Waals surface area contributed by atoms with Crippen LogP contribution in [0.1, 0.15) is 6.92 Å². The summed E-state index contributed by atoms with van der Waals surface area (Å²) < 4.78 is 17.5.